The molecule has 6 rings (SSSR count). The molecule has 1 saturated carbocycles. The molecular formula is C32H37N5O7S. The fourth-order valence-electron chi connectivity index (χ4n) is 8.11. The predicted octanol–water partition coefficient (Wildman–Crippen LogP) is 4.16. The van der Waals surface area contributed by atoms with Gasteiger partial charge in [0.1, 0.15) is 0 Å². The van der Waals surface area contributed by atoms with Crippen molar-refractivity contribution in [1.29, 1.82) is 0 Å². The Morgan fingerprint density at radius 2 is 1.78 bits per heavy atom. The van der Waals surface area contributed by atoms with Crippen LogP contribution in [0.3, 0.4) is 0 Å². The van der Waals surface area contributed by atoms with Gasteiger partial charge in [-0.2, -0.15) is 4.98 Å². The molecule has 45 heavy (non-hydrogen) atoms. The van der Waals surface area contributed by atoms with Crippen LogP contribution >= 0.6 is 0 Å². The lowest BCUT2D eigenvalue weighted by atomic mass is 9.70. The van der Waals surface area contributed by atoms with Gasteiger partial charge < -0.3 is 14.9 Å². The Balaban J connectivity index is 1.27. The maximum atomic E-state index is 14.4. The summed E-state index contributed by atoms with van der Waals surface area (Å²) in [7, 11) is -3.52. The van der Waals surface area contributed by atoms with Gasteiger partial charge >= 0.3 is 6.09 Å². The number of carbonyl (C=O) groups excluding carboxylic acids is 2. The summed E-state index contributed by atoms with van der Waals surface area (Å²) in [4.78, 5) is 46.9. The first-order valence-corrected chi connectivity index (χ1v) is 16.6. The Kier molecular flexibility index (Phi) is 7.01. The molecule has 2 amide bonds. The number of benzene rings is 2. The lowest BCUT2D eigenvalue weighted by molar-refractivity contribution is -0.158. The second-order valence-electron chi connectivity index (χ2n) is 13.7. The van der Waals surface area contributed by atoms with Gasteiger partial charge in [-0.1, -0.05) is 82.2 Å². The number of hydrogen-bond acceptors (Lipinski definition) is 9. The smallest absolute Gasteiger partial charge is 0.407 e. The van der Waals surface area contributed by atoms with Crippen molar-refractivity contribution < 1.29 is 32.4 Å². The number of fused-ring (bicyclic) bond motifs is 1. The summed E-state index contributed by atoms with van der Waals surface area (Å²) in [6.45, 7) is 9.83. The van der Waals surface area contributed by atoms with E-state index in [2.05, 4.69) is 20.8 Å². The molecule has 1 aliphatic carbocycles. The molecule has 3 aromatic rings. The third-order valence-electron chi connectivity index (χ3n) is 9.91. The summed E-state index contributed by atoms with van der Waals surface area (Å²) in [5.41, 5.74) is -1.04. The van der Waals surface area contributed by atoms with E-state index in [1.54, 1.807) is 59.5 Å². The number of aromatic nitrogens is 2. The number of nitrogens with zero attached hydrogens (tertiary/aromatic N) is 3. The lowest BCUT2D eigenvalue weighted by Gasteiger charge is -2.47. The second kappa shape index (κ2) is 10.2. The molecule has 3 heterocycles. The standard InChI is InChI=1S/C32H37N5O7S/c1-29(2,3)31-23(30(31,4)5)24(38)32(34-27(31)39,35-28(40)41)37-17-9-12-22(37)26-33-25(36-44-26)20-15-13-19(14-16-20)18-45(42,43)21-10-7-6-8-11-21/h6-8,10-11,13-16,22-23,35H,9,12,17-18H2,1-5H3,(H,34,39)(H,40,41). The van der Waals surface area contributed by atoms with Crippen molar-refractivity contribution in [3.8, 4) is 11.4 Å². The minimum Gasteiger partial charge on any atom is -0.465 e. The van der Waals surface area contributed by atoms with Crippen LogP contribution in [-0.4, -0.2) is 58.7 Å². The average molecular weight is 636 g/mol. The molecule has 13 heteroatoms. The van der Waals surface area contributed by atoms with E-state index in [1.807, 2.05) is 34.6 Å². The first kappa shape index (κ1) is 30.9. The molecule has 3 fully saturated rings. The molecule has 4 atom stereocenters. The number of rotatable bonds is 7. The van der Waals surface area contributed by atoms with Crippen molar-refractivity contribution in [2.75, 3.05) is 6.54 Å². The van der Waals surface area contributed by atoms with Gasteiger partial charge in [0.25, 0.3) is 0 Å². The van der Waals surface area contributed by atoms with E-state index in [4.69, 9.17) is 4.52 Å². The third kappa shape index (κ3) is 4.58. The van der Waals surface area contributed by atoms with Crippen LogP contribution in [-0.2, 0) is 25.2 Å². The molecule has 2 aliphatic heterocycles. The summed E-state index contributed by atoms with van der Waals surface area (Å²) >= 11 is 0. The van der Waals surface area contributed by atoms with Crippen LogP contribution in [0.1, 0.15) is 65.0 Å². The van der Waals surface area contributed by atoms with Crippen LogP contribution in [0.5, 0.6) is 0 Å². The number of carboxylic acid groups (broad SMARTS) is 1. The van der Waals surface area contributed by atoms with Crippen molar-refractivity contribution in [2.45, 2.75) is 69.9 Å². The maximum Gasteiger partial charge on any atom is 0.407 e. The molecule has 0 bridgehead atoms. The molecular weight excluding hydrogens is 598 g/mol. The topological polar surface area (TPSA) is 172 Å². The van der Waals surface area contributed by atoms with Crippen LogP contribution in [0.4, 0.5) is 4.79 Å². The van der Waals surface area contributed by atoms with Gasteiger partial charge in [-0.3, -0.25) is 14.9 Å². The summed E-state index contributed by atoms with van der Waals surface area (Å²) in [5, 5.41) is 19.2. The quantitative estimate of drug-likeness (QED) is 0.342. The minimum atomic E-state index is -3.52. The highest BCUT2D eigenvalue weighted by atomic mass is 32.2. The summed E-state index contributed by atoms with van der Waals surface area (Å²) in [5.74, 6) is -3.22. The highest BCUT2D eigenvalue weighted by Crippen LogP contribution is 2.78. The maximum absolute atomic E-state index is 14.4. The number of carbonyl (C=O) groups is 3. The van der Waals surface area contributed by atoms with Gasteiger partial charge in [0.2, 0.25) is 23.4 Å². The highest BCUT2D eigenvalue weighted by molar-refractivity contribution is 7.90. The van der Waals surface area contributed by atoms with Gasteiger partial charge in [-0.25, -0.2) is 18.1 Å². The third-order valence-corrected chi connectivity index (χ3v) is 11.6. The molecule has 4 unspecified atom stereocenters. The van der Waals surface area contributed by atoms with Crippen molar-refractivity contribution >= 4 is 27.6 Å². The van der Waals surface area contributed by atoms with Gasteiger partial charge in [-0.15, -0.1) is 0 Å². The largest absolute Gasteiger partial charge is 0.465 e. The van der Waals surface area contributed by atoms with Crippen LogP contribution in [0.25, 0.3) is 11.4 Å². The van der Waals surface area contributed by atoms with E-state index < -0.39 is 55.7 Å². The minimum absolute atomic E-state index is 0.168. The number of likely N-dealkylation sites (tertiary alicyclic amines) is 1. The van der Waals surface area contributed by atoms with Crippen LogP contribution in [0.15, 0.2) is 64.0 Å². The zero-order valence-corrected chi connectivity index (χ0v) is 26.6. The fourth-order valence-corrected chi connectivity index (χ4v) is 9.48. The van der Waals surface area contributed by atoms with E-state index >= 15 is 0 Å². The van der Waals surface area contributed by atoms with Crippen molar-refractivity contribution in [3.05, 3.63) is 66.1 Å². The summed E-state index contributed by atoms with van der Waals surface area (Å²) < 4.78 is 31.2. The summed E-state index contributed by atoms with van der Waals surface area (Å²) in [6, 6.07) is 14.4. The van der Waals surface area contributed by atoms with E-state index in [0.717, 1.165) is 0 Å². The molecule has 238 valence electrons. The molecule has 1 aromatic heterocycles. The first-order valence-electron chi connectivity index (χ1n) is 14.9. The molecule has 0 radical (unpaired) electrons. The number of hydrogen-bond donors (Lipinski definition) is 3. The lowest BCUT2D eigenvalue weighted by Crippen LogP contribution is -2.77. The number of Topliss-reactive ketones (excluding diaryl/α,β-unsaturated/α-hetero) is 1. The Hall–Kier alpha value is -4.10. The number of ketones is 1. The van der Waals surface area contributed by atoms with Gasteiger partial charge in [0.15, 0.2) is 15.6 Å². The van der Waals surface area contributed by atoms with Crippen molar-refractivity contribution in [1.82, 2.24) is 25.7 Å². The zero-order chi connectivity index (χ0) is 32.6. The number of amides is 2. The molecule has 3 N–H and O–H groups in total. The van der Waals surface area contributed by atoms with Gasteiger partial charge in [0, 0.05) is 18.0 Å². The molecule has 2 aromatic carbocycles. The Morgan fingerprint density at radius 3 is 2.40 bits per heavy atom. The average Bonchev–Trinajstić information content (AvgIpc) is 3.38. The number of sulfone groups is 1. The fraction of sp³-hybridized carbons (Fsp3) is 0.469. The van der Waals surface area contributed by atoms with Crippen molar-refractivity contribution in [3.63, 3.8) is 0 Å². The Labute approximate surface area is 261 Å². The summed E-state index contributed by atoms with van der Waals surface area (Å²) in [6.07, 6.45) is -0.364. The monoisotopic (exact) mass is 635 g/mol. The van der Waals surface area contributed by atoms with E-state index in [-0.39, 0.29) is 28.3 Å². The SMILES string of the molecule is CC(C)(C)C12C(=O)NC(NC(=O)O)(N3CCCC3c3nc(-c4ccc(CS(=O)(=O)c5ccccc5)cc4)no3)C(=O)C1C2(C)C. The van der Waals surface area contributed by atoms with Crippen molar-refractivity contribution in [2.24, 2.45) is 22.2 Å². The first-order chi connectivity index (χ1) is 21.1. The van der Waals surface area contributed by atoms with Gasteiger partial charge in [0.05, 0.1) is 22.1 Å². The molecule has 0 spiro atoms. The van der Waals surface area contributed by atoms with E-state index in [1.165, 1.54) is 0 Å². The van der Waals surface area contributed by atoms with Gasteiger partial charge in [-0.05, 0) is 41.4 Å². The zero-order valence-electron chi connectivity index (χ0n) is 25.8. The normalized spacial score (nSPS) is 27.9. The number of piperidine rings is 1. The Bertz CT molecular complexity index is 1780. The molecule has 3 aliphatic rings. The van der Waals surface area contributed by atoms with Crippen LogP contribution < -0.4 is 10.6 Å². The predicted molar refractivity (Wildman–Crippen MR) is 162 cm³/mol. The highest BCUT2D eigenvalue weighted by Gasteiger charge is 2.86. The number of nitrogens with one attached hydrogen (secondary N) is 2. The molecule has 12 nitrogen and oxygen atoms in total. The Morgan fingerprint density at radius 1 is 1.11 bits per heavy atom. The van der Waals surface area contributed by atoms with Crippen LogP contribution in [0.2, 0.25) is 0 Å². The molecule has 2 saturated heterocycles. The van der Waals surface area contributed by atoms with E-state index in [9.17, 15) is 27.9 Å². The van der Waals surface area contributed by atoms with Crippen LogP contribution in [0, 0.1) is 22.2 Å². The van der Waals surface area contributed by atoms with E-state index in [0.29, 0.717) is 30.5 Å². The second-order valence-corrected chi connectivity index (χ2v) is 15.7.